The number of halogens is 2. The van der Waals surface area contributed by atoms with E-state index in [1.54, 1.807) is 6.92 Å². The molecular weight excluding hydrogens is 426 g/mol. The Hall–Kier alpha value is -1.97. The first-order valence-corrected chi connectivity index (χ1v) is 11.7. The summed E-state index contributed by atoms with van der Waals surface area (Å²) in [5, 5.41) is 0.0287. The molecule has 0 aliphatic carbocycles. The Morgan fingerprint density at radius 3 is 2.70 bits per heavy atom. The van der Waals surface area contributed by atoms with Gasteiger partial charge in [-0.15, -0.1) is 11.3 Å². The van der Waals surface area contributed by atoms with Crippen molar-refractivity contribution in [3.05, 3.63) is 36.2 Å². The molecule has 2 unspecified atom stereocenters. The minimum absolute atomic E-state index is 0.119. The van der Waals surface area contributed by atoms with Gasteiger partial charge < -0.3 is 11.5 Å². The molecule has 2 aromatic heterocycles. The molecular formula is C21H28F2N4OS2. The highest BCUT2D eigenvalue weighted by atomic mass is 32.2. The van der Waals surface area contributed by atoms with Crippen LogP contribution in [0.15, 0.2) is 34.1 Å². The van der Waals surface area contributed by atoms with Crippen molar-refractivity contribution in [2.24, 2.45) is 10.7 Å². The van der Waals surface area contributed by atoms with E-state index in [0.717, 1.165) is 31.1 Å². The topological polar surface area (TPSA) is 94.4 Å². The van der Waals surface area contributed by atoms with Crippen LogP contribution in [-0.2, 0) is 16.7 Å². The number of anilines is 1. The number of thiophene rings is 1. The lowest BCUT2D eigenvalue weighted by Crippen LogP contribution is -2.12. The number of hydrogen-bond donors (Lipinski definition) is 2. The van der Waals surface area contributed by atoms with Crippen LogP contribution in [0.5, 0.6) is 0 Å². The fourth-order valence-electron chi connectivity index (χ4n) is 2.90. The largest absolute Gasteiger partial charge is 0.396 e. The van der Waals surface area contributed by atoms with Gasteiger partial charge in [-0.25, -0.2) is 13.8 Å². The molecule has 0 bridgehead atoms. The van der Waals surface area contributed by atoms with Crippen LogP contribution >= 0.6 is 11.3 Å². The summed E-state index contributed by atoms with van der Waals surface area (Å²) < 4.78 is 42.4. The van der Waals surface area contributed by atoms with Crippen LogP contribution in [0.25, 0.3) is 15.8 Å². The zero-order chi connectivity index (χ0) is 22.6. The molecule has 5 nitrogen and oxygen atoms in total. The zero-order valence-electron chi connectivity index (χ0n) is 17.7. The standard InChI is InChI=1S/C21H28F2N4OS2/c1-6-8-13(4)30(28)20-18(25)17-15(21(5,22)23)9-16(27-19(17)29-20)14(7-2)11-26-12(3)10-24/h7,9,11,13H,2,6,8,10,24-25H2,1,3-5H3/b14-11+,26-12?. The molecule has 0 saturated heterocycles. The second-order valence-corrected chi connectivity index (χ2v) is 10.2. The summed E-state index contributed by atoms with van der Waals surface area (Å²) in [6.45, 7) is 10.5. The zero-order valence-corrected chi connectivity index (χ0v) is 19.3. The summed E-state index contributed by atoms with van der Waals surface area (Å²) >= 11 is 1.10. The van der Waals surface area contributed by atoms with Crippen molar-refractivity contribution < 1.29 is 13.0 Å². The fourth-order valence-corrected chi connectivity index (χ4v) is 5.94. The number of nitrogen functional groups attached to an aromatic ring is 1. The van der Waals surface area contributed by atoms with Gasteiger partial charge in [-0.05, 0) is 19.4 Å². The second kappa shape index (κ2) is 9.89. The van der Waals surface area contributed by atoms with Crippen LogP contribution in [-0.4, -0.2) is 26.7 Å². The van der Waals surface area contributed by atoms with Gasteiger partial charge in [0.25, 0.3) is 5.92 Å². The Morgan fingerprint density at radius 2 is 2.17 bits per heavy atom. The Balaban J connectivity index is 2.76. The van der Waals surface area contributed by atoms with Crippen molar-refractivity contribution in [3.8, 4) is 0 Å². The summed E-state index contributed by atoms with van der Waals surface area (Å²) in [5.41, 5.74) is 13.1. The van der Waals surface area contributed by atoms with E-state index in [0.29, 0.717) is 26.0 Å². The van der Waals surface area contributed by atoms with E-state index in [9.17, 15) is 13.0 Å². The quantitative estimate of drug-likeness (QED) is 0.400. The van der Waals surface area contributed by atoms with Crippen molar-refractivity contribution in [1.29, 1.82) is 0 Å². The van der Waals surface area contributed by atoms with Crippen LogP contribution < -0.4 is 11.5 Å². The molecule has 4 N–H and O–H groups in total. The van der Waals surface area contributed by atoms with Gasteiger partial charge in [-0.3, -0.25) is 9.20 Å². The molecule has 9 heteroatoms. The molecule has 30 heavy (non-hydrogen) atoms. The highest BCUT2D eigenvalue weighted by Crippen LogP contribution is 2.44. The average Bonchev–Trinajstić information content (AvgIpc) is 3.02. The van der Waals surface area contributed by atoms with E-state index >= 15 is 0 Å². The van der Waals surface area contributed by atoms with Gasteiger partial charge in [0.2, 0.25) is 0 Å². The molecule has 0 radical (unpaired) electrons. The molecule has 0 aliphatic rings. The van der Waals surface area contributed by atoms with Crippen molar-refractivity contribution in [3.63, 3.8) is 0 Å². The first-order chi connectivity index (χ1) is 14.0. The fraction of sp³-hybridized carbons (Fsp3) is 0.429. The highest BCUT2D eigenvalue weighted by molar-refractivity contribution is 7.88. The normalized spacial score (nSPS) is 15.4. The van der Waals surface area contributed by atoms with E-state index in [2.05, 4.69) is 16.6 Å². The van der Waals surface area contributed by atoms with Gasteiger partial charge in [0, 0.05) is 47.2 Å². The molecule has 2 rings (SSSR count). The third kappa shape index (κ3) is 5.19. The highest BCUT2D eigenvalue weighted by Gasteiger charge is 2.32. The van der Waals surface area contributed by atoms with E-state index in [-0.39, 0.29) is 28.4 Å². The second-order valence-electron chi connectivity index (χ2n) is 7.18. The Labute approximate surface area is 182 Å². The number of allylic oxidation sites excluding steroid dienone is 2. The number of alkyl halides is 2. The lowest BCUT2D eigenvalue weighted by molar-refractivity contribution is 0.0190. The predicted octanol–water partition coefficient (Wildman–Crippen LogP) is 5.23. The van der Waals surface area contributed by atoms with Crippen molar-refractivity contribution in [1.82, 2.24) is 4.98 Å². The third-order valence-corrected chi connectivity index (χ3v) is 7.81. The monoisotopic (exact) mass is 454 g/mol. The summed E-state index contributed by atoms with van der Waals surface area (Å²) in [7, 11) is -1.40. The van der Waals surface area contributed by atoms with E-state index in [4.69, 9.17) is 11.5 Å². The van der Waals surface area contributed by atoms with E-state index in [1.807, 2.05) is 13.8 Å². The first kappa shape index (κ1) is 24.3. The molecule has 0 aliphatic heterocycles. The first-order valence-electron chi connectivity index (χ1n) is 9.63. The van der Waals surface area contributed by atoms with Crippen LogP contribution in [0.3, 0.4) is 0 Å². The number of nitrogens with zero attached hydrogens (tertiary/aromatic N) is 2. The molecule has 2 atom stereocenters. The summed E-state index contributed by atoms with van der Waals surface area (Å²) in [4.78, 5) is 9.06. The van der Waals surface area contributed by atoms with Crippen LogP contribution in [0.1, 0.15) is 51.8 Å². The van der Waals surface area contributed by atoms with Crippen LogP contribution in [0, 0.1) is 0 Å². The predicted molar refractivity (Wildman–Crippen MR) is 125 cm³/mol. The Morgan fingerprint density at radius 1 is 1.50 bits per heavy atom. The minimum atomic E-state index is -3.17. The van der Waals surface area contributed by atoms with Gasteiger partial charge in [0.05, 0.1) is 22.2 Å². The molecule has 0 saturated carbocycles. The summed E-state index contributed by atoms with van der Waals surface area (Å²) in [6.07, 6.45) is 4.62. The molecule has 0 amide bonds. The maximum Gasteiger partial charge on any atom is 0.271 e. The average molecular weight is 455 g/mol. The number of nitrogens with two attached hydrogens (primary N) is 2. The number of pyridine rings is 1. The number of aromatic nitrogens is 1. The van der Waals surface area contributed by atoms with Gasteiger partial charge in [0.15, 0.2) is 0 Å². The molecule has 0 aromatic carbocycles. The van der Waals surface area contributed by atoms with E-state index in [1.165, 1.54) is 18.3 Å². The smallest absolute Gasteiger partial charge is 0.271 e. The van der Waals surface area contributed by atoms with Gasteiger partial charge in [-0.1, -0.05) is 32.9 Å². The Kier molecular flexibility index (Phi) is 8.01. The van der Waals surface area contributed by atoms with E-state index < -0.39 is 16.7 Å². The van der Waals surface area contributed by atoms with Crippen LogP contribution in [0.4, 0.5) is 14.5 Å². The summed E-state index contributed by atoms with van der Waals surface area (Å²) in [6, 6.07) is 1.30. The van der Waals surface area contributed by atoms with Crippen molar-refractivity contribution >= 4 is 49.3 Å². The lowest BCUT2D eigenvalue weighted by Gasteiger charge is -2.14. The minimum Gasteiger partial charge on any atom is -0.396 e. The van der Waals surface area contributed by atoms with Gasteiger partial charge >= 0.3 is 0 Å². The number of rotatable bonds is 9. The maximum absolute atomic E-state index is 14.5. The van der Waals surface area contributed by atoms with Gasteiger partial charge in [0.1, 0.15) is 9.04 Å². The summed E-state index contributed by atoms with van der Waals surface area (Å²) in [5.74, 6) is -3.17. The van der Waals surface area contributed by atoms with Crippen molar-refractivity contribution in [2.45, 2.75) is 55.9 Å². The SMILES string of the molecule is C=C/C(=C\N=C(C)CN)c1cc(C(C)(F)F)c2c(N)c(S(=O)C(C)CCC)sc2n1. The Bertz CT molecular complexity index is 1020. The number of hydrogen-bond acceptors (Lipinski definition) is 6. The van der Waals surface area contributed by atoms with Crippen molar-refractivity contribution in [2.75, 3.05) is 12.3 Å². The maximum atomic E-state index is 14.5. The number of aliphatic imine (C=N–C) groups is 1. The molecule has 2 heterocycles. The van der Waals surface area contributed by atoms with Gasteiger partial charge in [-0.2, -0.15) is 0 Å². The molecule has 164 valence electrons. The molecule has 2 aromatic rings. The molecule has 0 spiro atoms. The van der Waals surface area contributed by atoms with Crippen LogP contribution in [0.2, 0.25) is 0 Å². The molecule has 0 fully saturated rings. The number of fused-ring (bicyclic) bond motifs is 1. The lowest BCUT2D eigenvalue weighted by atomic mass is 10.0. The third-order valence-electron chi connectivity index (χ3n) is 4.62.